The zero-order valence-corrected chi connectivity index (χ0v) is 12.8. The van der Waals surface area contributed by atoms with Gasteiger partial charge in [-0.15, -0.1) is 0 Å². The Balaban J connectivity index is 2.07. The lowest BCUT2D eigenvalue weighted by Crippen LogP contribution is -2.17. The van der Waals surface area contributed by atoms with Crippen molar-refractivity contribution in [1.82, 2.24) is 14.8 Å². The third-order valence-corrected chi connectivity index (χ3v) is 4.02. The SMILES string of the molecule is CCc1nn(C)c(CC(O)Cc2ccccn2)c1Br. The van der Waals surface area contributed by atoms with Gasteiger partial charge in [-0.05, 0) is 34.5 Å². The molecule has 2 aromatic heterocycles. The molecule has 0 aliphatic heterocycles. The molecule has 4 nitrogen and oxygen atoms in total. The molecule has 0 bridgehead atoms. The predicted molar refractivity (Wildman–Crippen MR) is 77.9 cm³/mol. The summed E-state index contributed by atoms with van der Waals surface area (Å²) < 4.78 is 2.85. The minimum Gasteiger partial charge on any atom is -0.392 e. The molecule has 0 fully saturated rings. The maximum atomic E-state index is 10.2. The molecule has 0 radical (unpaired) electrons. The zero-order chi connectivity index (χ0) is 13.8. The first-order valence-corrected chi connectivity index (χ1v) is 7.19. The third-order valence-electron chi connectivity index (χ3n) is 3.10. The molecular formula is C14H18BrN3O. The Morgan fingerprint density at radius 2 is 2.16 bits per heavy atom. The Kier molecular flexibility index (Phi) is 4.71. The predicted octanol–water partition coefficient (Wildman–Crippen LogP) is 2.29. The van der Waals surface area contributed by atoms with E-state index in [1.165, 1.54) is 0 Å². The number of aliphatic hydroxyl groups excluding tert-OH is 1. The first kappa shape index (κ1) is 14.2. The van der Waals surface area contributed by atoms with Gasteiger partial charge in [-0.3, -0.25) is 9.67 Å². The summed E-state index contributed by atoms with van der Waals surface area (Å²) in [6.45, 7) is 2.07. The molecule has 0 aromatic carbocycles. The van der Waals surface area contributed by atoms with Crippen LogP contribution in [0.4, 0.5) is 0 Å². The van der Waals surface area contributed by atoms with E-state index in [0.29, 0.717) is 12.8 Å². The summed E-state index contributed by atoms with van der Waals surface area (Å²) in [5.74, 6) is 0. The van der Waals surface area contributed by atoms with E-state index in [9.17, 15) is 5.11 Å². The Hall–Kier alpha value is -1.20. The molecule has 0 saturated carbocycles. The average molecular weight is 324 g/mol. The summed E-state index contributed by atoms with van der Waals surface area (Å²) in [5.41, 5.74) is 2.96. The van der Waals surface area contributed by atoms with Crippen molar-refractivity contribution in [3.8, 4) is 0 Å². The van der Waals surface area contributed by atoms with Gasteiger partial charge in [-0.1, -0.05) is 13.0 Å². The molecule has 19 heavy (non-hydrogen) atoms. The fourth-order valence-electron chi connectivity index (χ4n) is 2.10. The van der Waals surface area contributed by atoms with Gasteiger partial charge in [0.15, 0.2) is 0 Å². The highest BCUT2D eigenvalue weighted by molar-refractivity contribution is 9.10. The first-order chi connectivity index (χ1) is 9.11. The van der Waals surface area contributed by atoms with Crippen molar-refractivity contribution in [1.29, 1.82) is 0 Å². The highest BCUT2D eigenvalue weighted by Gasteiger charge is 2.16. The lowest BCUT2D eigenvalue weighted by molar-refractivity contribution is 0.171. The van der Waals surface area contributed by atoms with Gasteiger partial charge in [0.25, 0.3) is 0 Å². The van der Waals surface area contributed by atoms with Gasteiger partial charge in [0.2, 0.25) is 0 Å². The van der Waals surface area contributed by atoms with Crippen molar-refractivity contribution in [2.24, 2.45) is 7.05 Å². The smallest absolute Gasteiger partial charge is 0.0766 e. The van der Waals surface area contributed by atoms with Crippen LogP contribution >= 0.6 is 15.9 Å². The Labute approximate surface area is 121 Å². The van der Waals surface area contributed by atoms with Crippen molar-refractivity contribution < 1.29 is 5.11 Å². The second-order valence-corrected chi connectivity index (χ2v) is 5.36. The number of aryl methyl sites for hydroxylation is 2. The van der Waals surface area contributed by atoms with Crippen LogP contribution in [0.1, 0.15) is 24.0 Å². The molecule has 1 unspecified atom stereocenters. The Morgan fingerprint density at radius 1 is 1.37 bits per heavy atom. The van der Waals surface area contributed by atoms with Crippen LogP contribution in [-0.2, 0) is 26.3 Å². The summed E-state index contributed by atoms with van der Waals surface area (Å²) in [6, 6.07) is 5.74. The van der Waals surface area contributed by atoms with Crippen LogP contribution in [0.25, 0.3) is 0 Å². The van der Waals surface area contributed by atoms with Crippen LogP contribution < -0.4 is 0 Å². The van der Waals surface area contributed by atoms with E-state index in [4.69, 9.17) is 0 Å². The minimum absolute atomic E-state index is 0.452. The number of pyridine rings is 1. The molecule has 0 saturated heterocycles. The topological polar surface area (TPSA) is 50.9 Å². The Bertz CT molecular complexity index is 539. The molecule has 2 aromatic rings. The second kappa shape index (κ2) is 6.30. The standard InChI is InChI=1S/C14H18BrN3O/c1-3-12-14(15)13(18(2)17-12)9-11(19)8-10-6-4-5-7-16-10/h4-7,11,19H,3,8-9H2,1-2H3. The van der Waals surface area contributed by atoms with E-state index < -0.39 is 6.10 Å². The van der Waals surface area contributed by atoms with E-state index in [0.717, 1.165) is 28.0 Å². The van der Waals surface area contributed by atoms with E-state index in [-0.39, 0.29) is 0 Å². The van der Waals surface area contributed by atoms with Crippen LogP contribution in [0.5, 0.6) is 0 Å². The molecule has 0 amide bonds. The van der Waals surface area contributed by atoms with Gasteiger partial charge in [-0.25, -0.2) is 0 Å². The van der Waals surface area contributed by atoms with Crippen molar-refractivity contribution in [3.05, 3.63) is 46.0 Å². The van der Waals surface area contributed by atoms with Crippen LogP contribution in [0.15, 0.2) is 28.9 Å². The maximum absolute atomic E-state index is 10.2. The largest absolute Gasteiger partial charge is 0.392 e. The zero-order valence-electron chi connectivity index (χ0n) is 11.2. The van der Waals surface area contributed by atoms with E-state index in [1.54, 1.807) is 6.20 Å². The highest BCUT2D eigenvalue weighted by atomic mass is 79.9. The molecule has 0 aliphatic rings. The number of nitrogens with zero attached hydrogens (tertiary/aromatic N) is 3. The molecule has 1 atom stereocenters. The Morgan fingerprint density at radius 3 is 2.74 bits per heavy atom. The van der Waals surface area contributed by atoms with Crippen LogP contribution in [0, 0.1) is 0 Å². The highest BCUT2D eigenvalue weighted by Crippen LogP contribution is 2.23. The summed E-state index contributed by atoms with van der Waals surface area (Å²) in [7, 11) is 1.91. The molecule has 0 aliphatic carbocycles. The van der Waals surface area contributed by atoms with Crippen molar-refractivity contribution in [3.63, 3.8) is 0 Å². The summed E-state index contributed by atoms with van der Waals surface area (Å²) in [6.07, 6.45) is 3.30. The summed E-state index contributed by atoms with van der Waals surface area (Å²) >= 11 is 3.57. The van der Waals surface area contributed by atoms with Gasteiger partial charge in [0, 0.05) is 31.8 Å². The van der Waals surface area contributed by atoms with Gasteiger partial charge in [0.05, 0.1) is 22.0 Å². The molecule has 5 heteroatoms. The van der Waals surface area contributed by atoms with E-state index >= 15 is 0 Å². The van der Waals surface area contributed by atoms with Crippen LogP contribution in [0.2, 0.25) is 0 Å². The maximum Gasteiger partial charge on any atom is 0.0766 e. The van der Waals surface area contributed by atoms with Gasteiger partial charge in [0.1, 0.15) is 0 Å². The summed E-state index contributed by atoms with van der Waals surface area (Å²) in [5, 5.41) is 14.6. The van der Waals surface area contributed by atoms with E-state index in [1.807, 2.05) is 29.9 Å². The molecule has 2 rings (SSSR count). The van der Waals surface area contributed by atoms with Crippen molar-refractivity contribution in [2.45, 2.75) is 32.3 Å². The van der Waals surface area contributed by atoms with E-state index in [2.05, 4.69) is 32.9 Å². The lowest BCUT2D eigenvalue weighted by Gasteiger charge is -2.10. The molecular weight excluding hydrogens is 306 g/mol. The number of hydrogen-bond acceptors (Lipinski definition) is 3. The number of aromatic nitrogens is 3. The summed E-state index contributed by atoms with van der Waals surface area (Å²) in [4.78, 5) is 4.23. The van der Waals surface area contributed by atoms with Crippen LogP contribution in [-0.4, -0.2) is 26.0 Å². The molecule has 1 N–H and O–H groups in total. The molecule has 102 valence electrons. The normalized spacial score (nSPS) is 12.6. The van der Waals surface area contributed by atoms with Gasteiger partial charge >= 0.3 is 0 Å². The quantitative estimate of drug-likeness (QED) is 0.918. The third kappa shape index (κ3) is 3.42. The van der Waals surface area contributed by atoms with Crippen LogP contribution in [0.3, 0.4) is 0 Å². The first-order valence-electron chi connectivity index (χ1n) is 6.40. The lowest BCUT2D eigenvalue weighted by atomic mass is 10.1. The van der Waals surface area contributed by atoms with Crippen molar-refractivity contribution >= 4 is 15.9 Å². The number of halogens is 1. The second-order valence-electron chi connectivity index (χ2n) is 4.57. The van der Waals surface area contributed by atoms with Crippen molar-refractivity contribution in [2.75, 3.05) is 0 Å². The monoisotopic (exact) mass is 323 g/mol. The molecule has 2 heterocycles. The average Bonchev–Trinajstić information content (AvgIpc) is 2.67. The molecule has 0 spiro atoms. The van der Waals surface area contributed by atoms with Gasteiger partial charge in [-0.2, -0.15) is 5.10 Å². The fourth-order valence-corrected chi connectivity index (χ4v) is 2.88. The van der Waals surface area contributed by atoms with Gasteiger partial charge < -0.3 is 5.11 Å². The fraction of sp³-hybridized carbons (Fsp3) is 0.429. The number of hydrogen-bond donors (Lipinski definition) is 1. The minimum atomic E-state index is -0.452. The number of aliphatic hydroxyl groups is 1. The number of rotatable bonds is 5.